The van der Waals surface area contributed by atoms with Gasteiger partial charge in [0.05, 0.1) is 16.3 Å². The van der Waals surface area contributed by atoms with Gasteiger partial charge in [0.2, 0.25) is 20.0 Å². The second-order valence-electron chi connectivity index (χ2n) is 9.61. The number of benzene rings is 2. The quantitative estimate of drug-likeness (QED) is 0.512. The van der Waals surface area contributed by atoms with E-state index in [-0.39, 0.29) is 28.2 Å². The first kappa shape index (κ1) is 26.8. The molecule has 0 aromatic heterocycles. The largest absolute Gasteiger partial charge is 0.378 e. The Hall–Kier alpha value is -2.27. The fraction of sp³-hybridized carbons (Fsp3) is 0.500. The predicted octanol–water partition coefficient (Wildman–Crippen LogP) is 4.11. The van der Waals surface area contributed by atoms with Crippen molar-refractivity contribution in [3.05, 3.63) is 54.1 Å². The Labute approximate surface area is 214 Å². The van der Waals surface area contributed by atoms with E-state index in [0.717, 1.165) is 44.9 Å². The number of anilines is 1. The fourth-order valence-corrected chi connectivity index (χ4v) is 8.12. The Balaban J connectivity index is 1.40. The van der Waals surface area contributed by atoms with Crippen molar-refractivity contribution < 1.29 is 21.6 Å². The molecule has 2 heterocycles. The van der Waals surface area contributed by atoms with Gasteiger partial charge in [0.1, 0.15) is 0 Å². The second kappa shape index (κ2) is 11.4. The summed E-state index contributed by atoms with van der Waals surface area (Å²) in [5, 5.41) is 3.02. The van der Waals surface area contributed by atoms with E-state index in [9.17, 15) is 21.6 Å². The Kier molecular flexibility index (Phi) is 8.49. The first-order valence-corrected chi connectivity index (χ1v) is 15.6. The van der Waals surface area contributed by atoms with E-state index < -0.39 is 20.0 Å². The highest BCUT2D eigenvalue weighted by atomic mass is 32.2. The van der Waals surface area contributed by atoms with Crippen LogP contribution in [-0.2, 0) is 20.0 Å². The van der Waals surface area contributed by atoms with Gasteiger partial charge < -0.3 is 5.32 Å². The van der Waals surface area contributed by atoms with E-state index in [1.54, 1.807) is 40.7 Å². The van der Waals surface area contributed by atoms with E-state index >= 15 is 0 Å². The molecule has 0 amide bonds. The average Bonchev–Trinajstić information content (AvgIpc) is 3.18. The number of Topliss-reactive ketones (excluding diaryl/α,β-unsaturated/α-hetero) is 1. The van der Waals surface area contributed by atoms with Crippen LogP contribution in [0, 0.1) is 0 Å². The molecular formula is C26H35N3O5S2. The van der Waals surface area contributed by atoms with Crippen molar-refractivity contribution in [2.24, 2.45) is 0 Å². The molecule has 1 unspecified atom stereocenters. The SMILES string of the molecule is CC1CCCCN1S(=O)(=O)c1ccc(NCC(=O)c2cccc(S(=O)(=O)N3CCCCCC3)c2)cc1. The molecule has 0 aliphatic carbocycles. The third-order valence-electron chi connectivity index (χ3n) is 7.01. The molecule has 0 saturated carbocycles. The van der Waals surface area contributed by atoms with Crippen LogP contribution in [0.2, 0.25) is 0 Å². The van der Waals surface area contributed by atoms with E-state index in [1.165, 1.54) is 16.4 Å². The number of carbonyl (C=O) groups excluding carboxylic acids is 1. The second-order valence-corrected chi connectivity index (χ2v) is 13.4. The minimum Gasteiger partial charge on any atom is -0.378 e. The van der Waals surface area contributed by atoms with E-state index in [1.807, 2.05) is 6.92 Å². The molecule has 2 saturated heterocycles. The van der Waals surface area contributed by atoms with Gasteiger partial charge in [0, 0.05) is 36.9 Å². The molecule has 2 aliphatic rings. The number of nitrogens with one attached hydrogen (secondary N) is 1. The van der Waals surface area contributed by atoms with Gasteiger partial charge in [-0.25, -0.2) is 16.8 Å². The van der Waals surface area contributed by atoms with Crippen LogP contribution in [0.4, 0.5) is 5.69 Å². The standard InChI is InChI=1S/C26H35N3O5S2/c1-21-9-4-7-18-29(21)36(33,34)24-14-12-23(13-15-24)27-20-26(30)22-10-8-11-25(19-22)35(31,32)28-16-5-2-3-6-17-28/h8,10-15,19,21,27H,2-7,9,16-18,20H2,1H3. The van der Waals surface area contributed by atoms with Crippen LogP contribution in [0.25, 0.3) is 0 Å². The molecule has 1 N–H and O–H groups in total. The molecule has 36 heavy (non-hydrogen) atoms. The summed E-state index contributed by atoms with van der Waals surface area (Å²) in [6.45, 7) is 3.44. The Morgan fingerprint density at radius 1 is 0.833 bits per heavy atom. The monoisotopic (exact) mass is 533 g/mol. The smallest absolute Gasteiger partial charge is 0.243 e. The van der Waals surface area contributed by atoms with Gasteiger partial charge in [-0.3, -0.25) is 4.79 Å². The number of ketones is 1. The Morgan fingerprint density at radius 2 is 1.50 bits per heavy atom. The zero-order valence-electron chi connectivity index (χ0n) is 20.7. The van der Waals surface area contributed by atoms with Crippen molar-refractivity contribution in [3.8, 4) is 0 Å². The van der Waals surface area contributed by atoms with Crippen LogP contribution < -0.4 is 5.32 Å². The Bertz CT molecular complexity index is 1270. The normalized spacial score (nSPS) is 20.5. The van der Waals surface area contributed by atoms with Crippen LogP contribution in [0.3, 0.4) is 0 Å². The molecule has 1 atom stereocenters. The summed E-state index contributed by atoms with van der Waals surface area (Å²) in [5.74, 6) is -0.248. The van der Waals surface area contributed by atoms with Crippen LogP contribution in [-0.4, -0.2) is 63.5 Å². The van der Waals surface area contributed by atoms with Gasteiger partial charge in [-0.15, -0.1) is 0 Å². The maximum atomic E-state index is 13.1. The van der Waals surface area contributed by atoms with Crippen LogP contribution in [0.5, 0.6) is 0 Å². The van der Waals surface area contributed by atoms with Gasteiger partial charge in [-0.1, -0.05) is 31.4 Å². The van der Waals surface area contributed by atoms with Gasteiger partial charge in [-0.2, -0.15) is 8.61 Å². The summed E-state index contributed by atoms with van der Waals surface area (Å²) >= 11 is 0. The van der Waals surface area contributed by atoms with Crippen LogP contribution >= 0.6 is 0 Å². The van der Waals surface area contributed by atoms with Crippen molar-refractivity contribution >= 4 is 31.5 Å². The number of carbonyl (C=O) groups is 1. The highest BCUT2D eigenvalue weighted by molar-refractivity contribution is 7.89. The fourth-order valence-electron chi connectivity index (χ4n) is 4.85. The molecule has 2 aromatic rings. The lowest BCUT2D eigenvalue weighted by atomic mass is 10.1. The molecule has 0 spiro atoms. The van der Waals surface area contributed by atoms with Crippen LogP contribution in [0.15, 0.2) is 58.3 Å². The van der Waals surface area contributed by atoms with Gasteiger partial charge >= 0.3 is 0 Å². The summed E-state index contributed by atoms with van der Waals surface area (Å²) in [5.41, 5.74) is 0.930. The molecule has 0 bridgehead atoms. The Morgan fingerprint density at radius 3 is 2.17 bits per heavy atom. The lowest BCUT2D eigenvalue weighted by Crippen LogP contribution is -2.41. The van der Waals surface area contributed by atoms with E-state index in [4.69, 9.17) is 0 Å². The van der Waals surface area contributed by atoms with Crippen molar-refractivity contribution in [2.45, 2.75) is 67.7 Å². The highest BCUT2D eigenvalue weighted by Gasteiger charge is 2.31. The first-order chi connectivity index (χ1) is 17.2. The summed E-state index contributed by atoms with van der Waals surface area (Å²) in [6.07, 6.45) is 6.52. The summed E-state index contributed by atoms with van der Waals surface area (Å²) in [6, 6.07) is 12.6. The molecule has 0 radical (unpaired) electrons. The molecule has 8 nitrogen and oxygen atoms in total. The topological polar surface area (TPSA) is 104 Å². The van der Waals surface area contributed by atoms with Gasteiger partial charge in [-0.05, 0) is 69.0 Å². The molecule has 196 valence electrons. The first-order valence-electron chi connectivity index (χ1n) is 12.7. The zero-order chi connectivity index (χ0) is 25.8. The predicted molar refractivity (Wildman–Crippen MR) is 140 cm³/mol. The molecule has 2 fully saturated rings. The summed E-state index contributed by atoms with van der Waals surface area (Å²) in [7, 11) is -7.20. The minimum absolute atomic E-state index is 0.0156. The summed E-state index contributed by atoms with van der Waals surface area (Å²) in [4.78, 5) is 13.2. The number of hydrogen-bond acceptors (Lipinski definition) is 6. The van der Waals surface area contributed by atoms with Gasteiger partial charge in [0.15, 0.2) is 5.78 Å². The third-order valence-corrected chi connectivity index (χ3v) is 10.9. The van der Waals surface area contributed by atoms with E-state index in [2.05, 4.69) is 5.32 Å². The average molecular weight is 534 g/mol. The molecule has 4 rings (SSSR count). The van der Waals surface area contributed by atoms with Crippen LogP contribution in [0.1, 0.15) is 62.2 Å². The lowest BCUT2D eigenvalue weighted by molar-refractivity contribution is 0.101. The highest BCUT2D eigenvalue weighted by Crippen LogP contribution is 2.26. The maximum Gasteiger partial charge on any atom is 0.243 e. The number of rotatable bonds is 8. The number of piperidine rings is 1. The summed E-state index contributed by atoms with van der Waals surface area (Å²) < 4.78 is 55.3. The molecule has 2 aliphatic heterocycles. The number of nitrogens with zero attached hydrogens (tertiary/aromatic N) is 2. The van der Waals surface area contributed by atoms with Crippen molar-refractivity contribution in [2.75, 3.05) is 31.5 Å². The number of hydrogen-bond donors (Lipinski definition) is 1. The maximum absolute atomic E-state index is 13.1. The van der Waals surface area contributed by atoms with Crippen molar-refractivity contribution in [1.29, 1.82) is 0 Å². The van der Waals surface area contributed by atoms with Gasteiger partial charge in [0.25, 0.3) is 0 Å². The molecule has 10 heteroatoms. The van der Waals surface area contributed by atoms with Crippen molar-refractivity contribution in [3.63, 3.8) is 0 Å². The minimum atomic E-state index is -3.64. The molecular weight excluding hydrogens is 498 g/mol. The number of sulfonamides is 2. The molecule has 2 aromatic carbocycles. The lowest BCUT2D eigenvalue weighted by Gasteiger charge is -2.32. The van der Waals surface area contributed by atoms with Crippen molar-refractivity contribution in [1.82, 2.24) is 8.61 Å². The zero-order valence-corrected chi connectivity index (χ0v) is 22.4. The van der Waals surface area contributed by atoms with E-state index in [0.29, 0.717) is 30.9 Å². The third kappa shape index (κ3) is 5.99.